The molecule has 7 nitrogen and oxygen atoms in total. The molecule has 0 aliphatic carbocycles. The molecule has 4 amide bonds. The predicted molar refractivity (Wildman–Crippen MR) is 118 cm³/mol. The second-order valence-electron chi connectivity index (χ2n) is 9.25. The van der Waals surface area contributed by atoms with E-state index >= 15 is 0 Å². The van der Waals surface area contributed by atoms with E-state index in [4.69, 9.17) is 0 Å². The molecule has 0 saturated carbocycles. The lowest BCUT2D eigenvalue weighted by atomic mass is 9.90. The number of rotatable bonds is 8. The summed E-state index contributed by atoms with van der Waals surface area (Å²) >= 11 is 0. The van der Waals surface area contributed by atoms with Crippen LogP contribution in [0.3, 0.4) is 0 Å². The highest BCUT2D eigenvalue weighted by Crippen LogP contribution is 2.24. The molecule has 0 aliphatic heterocycles. The number of anilines is 1. The highest BCUT2D eigenvalue weighted by molar-refractivity contribution is 6.02. The molecule has 30 heavy (non-hydrogen) atoms. The summed E-state index contributed by atoms with van der Waals surface area (Å²) in [7, 11) is 0. The molecule has 0 spiro atoms. The summed E-state index contributed by atoms with van der Waals surface area (Å²) in [4.78, 5) is 40.0. The number of para-hydroxylation sites is 1. The third-order valence-electron chi connectivity index (χ3n) is 4.29. The fraction of sp³-hybridized carbons (Fsp3) is 0.522. The third kappa shape index (κ3) is 8.37. The van der Waals surface area contributed by atoms with Crippen molar-refractivity contribution in [1.82, 2.24) is 9.96 Å². The maximum Gasteiger partial charge on any atom is 0.328 e. The van der Waals surface area contributed by atoms with E-state index in [1.807, 2.05) is 40.7 Å². The van der Waals surface area contributed by atoms with Crippen LogP contribution < -0.4 is 5.32 Å². The average Bonchev–Trinajstić information content (AvgIpc) is 2.63. The van der Waals surface area contributed by atoms with E-state index < -0.39 is 23.8 Å². The Balaban J connectivity index is 3.15. The van der Waals surface area contributed by atoms with Gasteiger partial charge in [0.2, 0.25) is 5.91 Å². The van der Waals surface area contributed by atoms with Crippen LogP contribution in [0.5, 0.6) is 0 Å². The fourth-order valence-corrected chi connectivity index (χ4v) is 3.01. The molecule has 0 bridgehead atoms. The fourth-order valence-electron chi connectivity index (χ4n) is 3.01. The number of carbonyl (C=O) groups excluding carboxylic acids is 3. The monoisotopic (exact) mass is 417 g/mol. The predicted octanol–water partition coefficient (Wildman–Crippen LogP) is 4.90. The minimum absolute atomic E-state index is 0.123. The second-order valence-corrected chi connectivity index (χ2v) is 9.25. The van der Waals surface area contributed by atoms with Crippen LogP contribution in [-0.2, 0) is 9.59 Å². The number of carbonyl (C=O) groups is 3. The first kappa shape index (κ1) is 25.4. The largest absolute Gasteiger partial charge is 0.328 e. The summed E-state index contributed by atoms with van der Waals surface area (Å²) in [6, 6.07) is 8.36. The number of hydrogen-bond donors (Lipinski definition) is 2. The number of nitrogens with one attached hydrogen (secondary N) is 1. The molecule has 0 unspecified atom stereocenters. The van der Waals surface area contributed by atoms with Gasteiger partial charge in [-0.15, -0.1) is 0 Å². The van der Waals surface area contributed by atoms with Crippen molar-refractivity contribution < 1.29 is 19.6 Å². The smallest absolute Gasteiger partial charge is 0.307 e. The number of hydroxylamine groups is 2. The van der Waals surface area contributed by atoms with Gasteiger partial charge in [0.05, 0.1) is 0 Å². The SMILES string of the molecule is C=C(C)N(O)C(=O)C[C@@H](CC(C)C)C(=O)N(CC(C)(C)C)C(=O)Nc1ccccc1. The van der Waals surface area contributed by atoms with Gasteiger partial charge in [0.1, 0.15) is 0 Å². The molecule has 166 valence electrons. The Kier molecular flexibility index (Phi) is 9.23. The van der Waals surface area contributed by atoms with Gasteiger partial charge in [0, 0.05) is 30.3 Å². The number of allylic oxidation sites excluding steroid dienone is 1. The topological polar surface area (TPSA) is 90.0 Å². The molecule has 0 aliphatic rings. The summed E-state index contributed by atoms with van der Waals surface area (Å²) in [6.45, 7) is 14.9. The number of benzene rings is 1. The molecule has 0 aromatic heterocycles. The van der Waals surface area contributed by atoms with Crippen LogP contribution >= 0.6 is 0 Å². The van der Waals surface area contributed by atoms with Crippen LogP contribution in [0.15, 0.2) is 42.6 Å². The number of amides is 4. The van der Waals surface area contributed by atoms with Gasteiger partial charge in [-0.3, -0.25) is 19.7 Å². The summed E-state index contributed by atoms with van der Waals surface area (Å²) in [5, 5.41) is 13.1. The van der Waals surface area contributed by atoms with Crippen LogP contribution in [-0.4, -0.2) is 39.6 Å². The van der Waals surface area contributed by atoms with Gasteiger partial charge < -0.3 is 5.32 Å². The van der Waals surface area contributed by atoms with Crippen molar-refractivity contribution in [1.29, 1.82) is 0 Å². The zero-order chi connectivity index (χ0) is 23.1. The molecule has 0 saturated heterocycles. The van der Waals surface area contributed by atoms with Crippen molar-refractivity contribution in [2.45, 2.75) is 54.4 Å². The van der Waals surface area contributed by atoms with E-state index in [1.165, 1.54) is 11.8 Å². The maximum absolute atomic E-state index is 13.4. The Labute approximate surface area is 179 Å². The van der Waals surface area contributed by atoms with Gasteiger partial charge in [0.25, 0.3) is 5.91 Å². The standard InChI is InChI=1S/C23H35N3O4/c1-16(2)13-18(14-20(27)26(30)17(3)4)21(28)25(15-23(5,6)7)22(29)24-19-11-9-8-10-12-19/h8-12,16,18,30H,3,13-15H2,1-2,4-7H3,(H,24,29)/t18-/m1/s1. The molecule has 0 radical (unpaired) electrons. The Hall–Kier alpha value is -2.67. The number of hydrogen-bond acceptors (Lipinski definition) is 4. The van der Waals surface area contributed by atoms with Crippen molar-refractivity contribution in [2.24, 2.45) is 17.3 Å². The molecule has 0 fully saturated rings. The Morgan fingerprint density at radius 2 is 1.70 bits per heavy atom. The molecule has 1 atom stereocenters. The molecule has 2 N–H and O–H groups in total. The number of imide groups is 1. The Morgan fingerprint density at radius 3 is 2.17 bits per heavy atom. The minimum atomic E-state index is -0.740. The van der Waals surface area contributed by atoms with Gasteiger partial charge in [-0.05, 0) is 36.8 Å². The van der Waals surface area contributed by atoms with Crippen LogP contribution in [0.1, 0.15) is 54.4 Å². The van der Waals surface area contributed by atoms with Crippen LogP contribution in [0.25, 0.3) is 0 Å². The first-order valence-electron chi connectivity index (χ1n) is 10.2. The molecular formula is C23H35N3O4. The van der Waals surface area contributed by atoms with Gasteiger partial charge in [-0.2, -0.15) is 5.06 Å². The van der Waals surface area contributed by atoms with E-state index in [0.717, 1.165) is 0 Å². The van der Waals surface area contributed by atoms with Gasteiger partial charge in [0.15, 0.2) is 0 Å². The van der Waals surface area contributed by atoms with Crippen LogP contribution in [0.2, 0.25) is 0 Å². The van der Waals surface area contributed by atoms with E-state index in [2.05, 4.69) is 11.9 Å². The van der Waals surface area contributed by atoms with Gasteiger partial charge >= 0.3 is 6.03 Å². The lowest BCUT2D eigenvalue weighted by Gasteiger charge is -2.32. The zero-order valence-electron chi connectivity index (χ0n) is 18.9. The van der Waals surface area contributed by atoms with Crippen LogP contribution in [0.4, 0.5) is 10.5 Å². The minimum Gasteiger partial charge on any atom is -0.307 e. The first-order chi connectivity index (χ1) is 13.8. The zero-order valence-corrected chi connectivity index (χ0v) is 18.9. The first-order valence-corrected chi connectivity index (χ1v) is 10.2. The Bertz CT molecular complexity index is 753. The van der Waals surface area contributed by atoms with Crippen molar-refractivity contribution in [3.05, 3.63) is 42.6 Å². The molecule has 1 aromatic carbocycles. The maximum atomic E-state index is 13.4. The van der Waals surface area contributed by atoms with Crippen molar-refractivity contribution in [3.8, 4) is 0 Å². The van der Waals surface area contributed by atoms with Gasteiger partial charge in [-0.1, -0.05) is 59.4 Å². The normalized spacial score (nSPS) is 12.3. The molecule has 1 rings (SSSR count). The third-order valence-corrected chi connectivity index (χ3v) is 4.29. The van der Waals surface area contributed by atoms with Gasteiger partial charge in [-0.25, -0.2) is 4.79 Å². The Morgan fingerprint density at radius 1 is 1.13 bits per heavy atom. The summed E-state index contributed by atoms with van der Waals surface area (Å²) in [5.74, 6) is -1.68. The lowest BCUT2D eigenvalue weighted by molar-refractivity contribution is -0.159. The molecular weight excluding hydrogens is 382 g/mol. The van der Waals surface area contributed by atoms with Crippen molar-refractivity contribution in [2.75, 3.05) is 11.9 Å². The number of urea groups is 1. The van der Waals surface area contributed by atoms with E-state index in [1.54, 1.807) is 24.3 Å². The molecule has 0 heterocycles. The van der Waals surface area contributed by atoms with E-state index in [9.17, 15) is 19.6 Å². The highest BCUT2D eigenvalue weighted by atomic mass is 16.5. The summed E-state index contributed by atoms with van der Waals surface area (Å²) < 4.78 is 0. The van der Waals surface area contributed by atoms with Crippen LogP contribution in [0, 0.1) is 17.3 Å². The van der Waals surface area contributed by atoms with E-state index in [0.29, 0.717) is 17.2 Å². The second kappa shape index (κ2) is 10.9. The van der Waals surface area contributed by atoms with Crippen molar-refractivity contribution in [3.63, 3.8) is 0 Å². The molecule has 1 aromatic rings. The quantitative estimate of drug-likeness (QED) is 0.465. The highest BCUT2D eigenvalue weighted by Gasteiger charge is 2.34. The number of nitrogens with zero attached hydrogens (tertiary/aromatic N) is 2. The molecule has 7 heteroatoms. The average molecular weight is 418 g/mol. The summed E-state index contributed by atoms with van der Waals surface area (Å²) in [5.41, 5.74) is 0.412. The lowest BCUT2D eigenvalue weighted by Crippen LogP contribution is -2.48. The van der Waals surface area contributed by atoms with E-state index in [-0.39, 0.29) is 30.0 Å². The summed E-state index contributed by atoms with van der Waals surface area (Å²) in [6.07, 6.45) is 0.202. The van der Waals surface area contributed by atoms with Crippen molar-refractivity contribution >= 4 is 23.5 Å².